The summed E-state index contributed by atoms with van der Waals surface area (Å²) in [5, 5.41) is 9.10. The van der Waals surface area contributed by atoms with Crippen LogP contribution in [0.4, 0.5) is 5.82 Å². The molecule has 0 fully saturated rings. The summed E-state index contributed by atoms with van der Waals surface area (Å²) < 4.78 is 5.22. The van der Waals surface area contributed by atoms with Crippen molar-refractivity contribution in [1.82, 2.24) is 4.98 Å². The van der Waals surface area contributed by atoms with Crippen molar-refractivity contribution in [2.75, 3.05) is 31.7 Å². The van der Waals surface area contributed by atoms with Crippen molar-refractivity contribution >= 4 is 23.4 Å². The van der Waals surface area contributed by atoms with Gasteiger partial charge >= 0.3 is 5.97 Å². The number of aromatic nitrogens is 1. The van der Waals surface area contributed by atoms with E-state index in [1.54, 1.807) is 0 Å². The molecule has 0 saturated heterocycles. The van der Waals surface area contributed by atoms with Crippen molar-refractivity contribution in [3.63, 3.8) is 0 Å². The molecule has 1 aromatic rings. The summed E-state index contributed by atoms with van der Waals surface area (Å²) in [7, 11) is 1.83. The first-order valence-electron chi connectivity index (χ1n) is 5.24. The molecular formula is C11H15ClN2O3. The SMILES string of the molecule is CCOCCN(C)c1ncc(C(=O)O)cc1Cl. The van der Waals surface area contributed by atoms with E-state index >= 15 is 0 Å². The van der Waals surface area contributed by atoms with Crippen LogP contribution in [0.2, 0.25) is 5.02 Å². The fourth-order valence-electron chi connectivity index (χ4n) is 1.28. The van der Waals surface area contributed by atoms with Crippen molar-refractivity contribution in [2.45, 2.75) is 6.92 Å². The van der Waals surface area contributed by atoms with E-state index in [2.05, 4.69) is 4.98 Å². The highest BCUT2D eigenvalue weighted by Crippen LogP contribution is 2.22. The molecule has 94 valence electrons. The van der Waals surface area contributed by atoms with E-state index in [0.717, 1.165) is 0 Å². The standard InChI is InChI=1S/C11H15ClN2O3/c1-3-17-5-4-14(2)10-9(12)6-8(7-13-10)11(15)16/h6-7H,3-5H2,1-2H3,(H,15,16). The highest BCUT2D eigenvalue weighted by atomic mass is 35.5. The summed E-state index contributed by atoms with van der Waals surface area (Å²) in [6.45, 7) is 3.80. The number of pyridine rings is 1. The van der Waals surface area contributed by atoms with E-state index < -0.39 is 5.97 Å². The topological polar surface area (TPSA) is 62.7 Å². The minimum Gasteiger partial charge on any atom is -0.478 e. The lowest BCUT2D eigenvalue weighted by molar-refractivity contribution is 0.0696. The molecule has 0 aliphatic rings. The Morgan fingerprint density at radius 1 is 1.65 bits per heavy atom. The van der Waals surface area contributed by atoms with Gasteiger partial charge in [0, 0.05) is 26.4 Å². The summed E-state index contributed by atoms with van der Waals surface area (Å²) in [6.07, 6.45) is 1.29. The zero-order valence-electron chi connectivity index (χ0n) is 9.81. The lowest BCUT2D eigenvalue weighted by atomic mass is 10.3. The Labute approximate surface area is 105 Å². The molecule has 1 N–H and O–H groups in total. The molecule has 1 rings (SSSR count). The number of rotatable bonds is 6. The molecule has 0 atom stereocenters. The highest BCUT2D eigenvalue weighted by molar-refractivity contribution is 6.33. The lowest BCUT2D eigenvalue weighted by Gasteiger charge is -2.19. The van der Waals surface area contributed by atoms with Crippen LogP contribution in [0.5, 0.6) is 0 Å². The number of hydrogen-bond donors (Lipinski definition) is 1. The molecule has 5 nitrogen and oxygen atoms in total. The second-order valence-corrected chi connectivity index (χ2v) is 3.86. The lowest BCUT2D eigenvalue weighted by Crippen LogP contribution is -2.24. The zero-order valence-corrected chi connectivity index (χ0v) is 10.6. The smallest absolute Gasteiger partial charge is 0.337 e. The predicted molar refractivity (Wildman–Crippen MR) is 66.0 cm³/mol. The van der Waals surface area contributed by atoms with Gasteiger partial charge in [-0.2, -0.15) is 0 Å². The van der Waals surface area contributed by atoms with E-state index in [-0.39, 0.29) is 5.56 Å². The maximum Gasteiger partial charge on any atom is 0.337 e. The number of halogens is 1. The third kappa shape index (κ3) is 3.87. The number of carboxylic acids is 1. The maximum absolute atomic E-state index is 10.7. The molecule has 0 spiro atoms. The molecule has 1 heterocycles. The third-order valence-electron chi connectivity index (χ3n) is 2.21. The van der Waals surface area contributed by atoms with Crippen LogP contribution < -0.4 is 4.90 Å². The van der Waals surface area contributed by atoms with E-state index in [4.69, 9.17) is 21.4 Å². The summed E-state index contributed by atoms with van der Waals surface area (Å²) in [5.74, 6) is -0.487. The molecule has 1 aromatic heterocycles. The van der Waals surface area contributed by atoms with Gasteiger partial charge in [0.15, 0.2) is 0 Å². The monoisotopic (exact) mass is 258 g/mol. The van der Waals surface area contributed by atoms with Gasteiger partial charge in [0.25, 0.3) is 0 Å². The summed E-state index contributed by atoms with van der Waals surface area (Å²) in [5.41, 5.74) is 0.0805. The van der Waals surface area contributed by atoms with Gasteiger partial charge < -0.3 is 14.7 Å². The fraction of sp³-hybridized carbons (Fsp3) is 0.455. The van der Waals surface area contributed by atoms with Crippen LogP contribution >= 0.6 is 11.6 Å². The summed E-state index contributed by atoms with van der Waals surface area (Å²) in [6, 6.07) is 1.39. The molecule has 0 aliphatic carbocycles. The molecule has 17 heavy (non-hydrogen) atoms. The number of carboxylic acid groups (broad SMARTS) is 1. The second kappa shape index (κ2) is 6.42. The molecule has 0 unspecified atom stereocenters. The Kier molecular flexibility index (Phi) is 5.18. The predicted octanol–water partition coefficient (Wildman–Crippen LogP) is 1.91. The molecule has 0 saturated carbocycles. The van der Waals surface area contributed by atoms with Crippen LogP contribution in [0.25, 0.3) is 0 Å². The van der Waals surface area contributed by atoms with Crippen LogP contribution in [0.1, 0.15) is 17.3 Å². The van der Waals surface area contributed by atoms with Crippen LogP contribution in [-0.4, -0.2) is 42.9 Å². The van der Waals surface area contributed by atoms with Crippen molar-refractivity contribution in [3.8, 4) is 0 Å². The number of hydrogen-bond acceptors (Lipinski definition) is 4. The number of aromatic carboxylic acids is 1. The van der Waals surface area contributed by atoms with Gasteiger partial charge in [-0.15, -0.1) is 0 Å². The molecule has 0 bridgehead atoms. The number of nitrogens with zero attached hydrogens (tertiary/aromatic N) is 2. The first kappa shape index (κ1) is 13.7. The fourth-order valence-corrected chi connectivity index (χ4v) is 1.59. The molecule has 0 radical (unpaired) electrons. The summed E-state index contributed by atoms with van der Waals surface area (Å²) >= 11 is 5.97. The Hall–Kier alpha value is -1.33. The minimum atomic E-state index is -1.04. The van der Waals surface area contributed by atoms with Gasteiger partial charge in [-0.3, -0.25) is 0 Å². The Morgan fingerprint density at radius 3 is 2.88 bits per heavy atom. The van der Waals surface area contributed by atoms with E-state index in [1.807, 2.05) is 18.9 Å². The number of anilines is 1. The number of carbonyl (C=O) groups is 1. The maximum atomic E-state index is 10.7. The minimum absolute atomic E-state index is 0.0805. The second-order valence-electron chi connectivity index (χ2n) is 3.45. The Bertz CT molecular complexity index is 398. The van der Waals surface area contributed by atoms with Crippen LogP contribution in [0.3, 0.4) is 0 Å². The van der Waals surface area contributed by atoms with Gasteiger partial charge in [-0.1, -0.05) is 11.6 Å². The van der Waals surface area contributed by atoms with E-state index in [0.29, 0.717) is 30.6 Å². The third-order valence-corrected chi connectivity index (χ3v) is 2.48. The Morgan fingerprint density at radius 2 is 2.35 bits per heavy atom. The van der Waals surface area contributed by atoms with Gasteiger partial charge in [0.05, 0.1) is 17.2 Å². The van der Waals surface area contributed by atoms with Gasteiger partial charge in [-0.05, 0) is 13.0 Å². The quantitative estimate of drug-likeness (QED) is 0.790. The first-order valence-corrected chi connectivity index (χ1v) is 5.61. The van der Waals surface area contributed by atoms with Gasteiger partial charge in [-0.25, -0.2) is 9.78 Å². The largest absolute Gasteiger partial charge is 0.478 e. The Balaban J connectivity index is 2.74. The number of likely N-dealkylation sites (N-methyl/N-ethyl adjacent to an activating group) is 1. The zero-order chi connectivity index (χ0) is 12.8. The van der Waals surface area contributed by atoms with Crippen molar-refractivity contribution in [3.05, 3.63) is 22.8 Å². The number of ether oxygens (including phenoxy) is 1. The van der Waals surface area contributed by atoms with Crippen molar-refractivity contribution < 1.29 is 14.6 Å². The molecule has 0 aliphatic heterocycles. The van der Waals surface area contributed by atoms with E-state index in [1.165, 1.54) is 12.3 Å². The van der Waals surface area contributed by atoms with Gasteiger partial charge in [0.2, 0.25) is 0 Å². The van der Waals surface area contributed by atoms with Crippen LogP contribution in [0.15, 0.2) is 12.3 Å². The van der Waals surface area contributed by atoms with Crippen molar-refractivity contribution in [2.24, 2.45) is 0 Å². The highest BCUT2D eigenvalue weighted by Gasteiger charge is 2.11. The molecular weight excluding hydrogens is 244 g/mol. The van der Waals surface area contributed by atoms with E-state index in [9.17, 15) is 4.79 Å². The molecule has 0 aromatic carbocycles. The van der Waals surface area contributed by atoms with Crippen LogP contribution in [-0.2, 0) is 4.74 Å². The average Bonchev–Trinajstić information content (AvgIpc) is 2.28. The molecule has 0 amide bonds. The van der Waals surface area contributed by atoms with Gasteiger partial charge in [0.1, 0.15) is 5.82 Å². The van der Waals surface area contributed by atoms with Crippen LogP contribution in [0, 0.1) is 0 Å². The first-order chi connectivity index (χ1) is 8.06. The average molecular weight is 259 g/mol. The van der Waals surface area contributed by atoms with Crippen molar-refractivity contribution in [1.29, 1.82) is 0 Å². The molecule has 6 heteroatoms. The summed E-state index contributed by atoms with van der Waals surface area (Å²) in [4.78, 5) is 16.6. The normalized spacial score (nSPS) is 10.3.